The molecule has 0 fully saturated rings. The molecule has 0 aliphatic rings. The molecule has 8 heteroatoms. The van der Waals surface area contributed by atoms with E-state index in [1.807, 2.05) is 57.6 Å². The number of esters is 2. The summed E-state index contributed by atoms with van der Waals surface area (Å²) < 4.78 is 17.1. The number of carboxylic acids is 1. The summed E-state index contributed by atoms with van der Waals surface area (Å²) in [6.45, 7) is 4.47. The van der Waals surface area contributed by atoms with Gasteiger partial charge in [0.15, 0.2) is 12.1 Å². The van der Waals surface area contributed by atoms with Crippen LogP contribution in [0.4, 0.5) is 0 Å². The van der Waals surface area contributed by atoms with E-state index in [-0.39, 0.29) is 42.7 Å². The van der Waals surface area contributed by atoms with Crippen molar-refractivity contribution in [2.75, 3.05) is 41.0 Å². The molecule has 0 aromatic heterocycles. The fourth-order valence-corrected chi connectivity index (χ4v) is 5.33. The number of nitrogens with zero attached hydrogens (tertiary/aromatic N) is 1. The fraction of sp³-hybridized carbons (Fsp3) is 0.659. The first-order valence-electron chi connectivity index (χ1n) is 20.0. The summed E-state index contributed by atoms with van der Waals surface area (Å²) in [5.41, 5.74) is 0. The first-order valence-corrected chi connectivity index (χ1v) is 20.0. The predicted molar refractivity (Wildman–Crippen MR) is 215 cm³/mol. The lowest BCUT2D eigenvalue weighted by Crippen LogP contribution is -2.50. The van der Waals surface area contributed by atoms with Crippen molar-refractivity contribution in [1.29, 1.82) is 0 Å². The Bertz CT molecular complexity index is 1080. The molecule has 0 aromatic carbocycles. The van der Waals surface area contributed by atoms with Gasteiger partial charge in [-0.15, -0.1) is 0 Å². The molecule has 0 rings (SSSR count). The van der Waals surface area contributed by atoms with Crippen LogP contribution in [0, 0.1) is 0 Å². The fourth-order valence-electron chi connectivity index (χ4n) is 5.33. The van der Waals surface area contributed by atoms with Gasteiger partial charge in [0.2, 0.25) is 0 Å². The number of rotatable bonds is 34. The molecule has 0 bridgehead atoms. The monoisotopic (exact) mass is 729 g/mol. The molecule has 2 unspecified atom stereocenters. The molecule has 8 nitrogen and oxygen atoms in total. The maximum absolute atomic E-state index is 12.6. The number of allylic oxidation sites excluding steroid dienone is 12. The summed E-state index contributed by atoms with van der Waals surface area (Å²) >= 11 is 0. The zero-order chi connectivity index (χ0) is 38.5. The number of ether oxygens (including phenoxy) is 3. The minimum atomic E-state index is -0.890. The van der Waals surface area contributed by atoms with Gasteiger partial charge in [-0.05, 0) is 51.4 Å². The highest BCUT2D eigenvalue weighted by Gasteiger charge is 2.31. The second kappa shape index (κ2) is 34.8. The van der Waals surface area contributed by atoms with Gasteiger partial charge in [0.1, 0.15) is 6.61 Å². The molecule has 0 aromatic rings. The molecule has 0 aliphatic heterocycles. The molecule has 0 saturated carbocycles. The van der Waals surface area contributed by atoms with E-state index in [9.17, 15) is 19.5 Å². The zero-order valence-electron chi connectivity index (χ0n) is 33.5. The maximum Gasteiger partial charge on any atom is 0.362 e. The zero-order valence-corrected chi connectivity index (χ0v) is 33.5. The van der Waals surface area contributed by atoms with Gasteiger partial charge in [0, 0.05) is 19.3 Å². The number of hydrogen-bond donors (Lipinski definition) is 1. The molecule has 52 heavy (non-hydrogen) atoms. The Labute approximate surface area is 317 Å². The Morgan fingerprint density at radius 2 is 1.19 bits per heavy atom. The third-order valence-corrected chi connectivity index (χ3v) is 8.45. The number of carbonyl (C=O) groups excluding carboxylic acids is 2. The van der Waals surface area contributed by atoms with Crippen LogP contribution in [-0.4, -0.2) is 80.6 Å². The average Bonchev–Trinajstić information content (AvgIpc) is 3.09. The first-order chi connectivity index (χ1) is 25.1. The van der Waals surface area contributed by atoms with Crippen LogP contribution >= 0.6 is 0 Å². The van der Waals surface area contributed by atoms with Crippen molar-refractivity contribution in [3.63, 3.8) is 0 Å². The smallest absolute Gasteiger partial charge is 0.362 e. The minimum Gasteiger partial charge on any atom is -0.477 e. The van der Waals surface area contributed by atoms with E-state index in [4.69, 9.17) is 14.2 Å². The quantitative estimate of drug-likeness (QED) is 0.0231. The van der Waals surface area contributed by atoms with Crippen molar-refractivity contribution in [2.45, 2.75) is 148 Å². The van der Waals surface area contributed by atoms with Crippen LogP contribution in [0.2, 0.25) is 0 Å². The van der Waals surface area contributed by atoms with Crippen LogP contribution in [0.25, 0.3) is 0 Å². The van der Waals surface area contributed by atoms with Gasteiger partial charge < -0.3 is 23.8 Å². The third kappa shape index (κ3) is 32.7. The van der Waals surface area contributed by atoms with Crippen LogP contribution in [0.15, 0.2) is 72.9 Å². The summed E-state index contributed by atoms with van der Waals surface area (Å²) in [5.74, 6) is -1.60. The van der Waals surface area contributed by atoms with Crippen molar-refractivity contribution in [2.24, 2.45) is 0 Å². The topological polar surface area (TPSA) is 99.1 Å². The van der Waals surface area contributed by atoms with Crippen molar-refractivity contribution < 1.29 is 38.2 Å². The van der Waals surface area contributed by atoms with Crippen molar-refractivity contribution >= 4 is 17.9 Å². The Kier molecular flexibility index (Phi) is 32.7. The molecule has 0 aliphatic carbocycles. The molecule has 2 atom stereocenters. The summed E-state index contributed by atoms with van der Waals surface area (Å²) in [6.07, 6.45) is 42.4. The van der Waals surface area contributed by atoms with Gasteiger partial charge in [0.25, 0.3) is 0 Å². The highest BCUT2D eigenvalue weighted by atomic mass is 16.6. The van der Waals surface area contributed by atoms with Gasteiger partial charge in [-0.1, -0.05) is 138 Å². The summed E-state index contributed by atoms with van der Waals surface area (Å²) in [7, 11) is 5.48. The molecule has 0 saturated heterocycles. The molecule has 0 heterocycles. The summed E-state index contributed by atoms with van der Waals surface area (Å²) in [4.78, 5) is 36.8. The number of aliphatic carboxylic acids is 1. The predicted octanol–water partition coefficient (Wildman–Crippen LogP) is 10.4. The number of carboxylic acid groups (broad SMARTS) is 1. The maximum atomic E-state index is 12.6. The van der Waals surface area contributed by atoms with Gasteiger partial charge in [-0.2, -0.15) is 0 Å². The van der Waals surface area contributed by atoms with Crippen LogP contribution in [-0.2, 0) is 28.6 Å². The number of unbranched alkanes of at least 4 members (excludes halogenated alkanes) is 11. The van der Waals surface area contributed by atoms with Crippen molar-refractivity contribution in [3.8, 4) is 0 Å². The van der Waals surface area contributed by atoms with Gasteiger partial charge in [-0.25, -0.2) is 4.79 Å². The Morgan fingerprint density at radius 3 is 1.83 bits per heavy atom. The summed E-state index contributed by atoms with van der Waals surface area (Å²) in [5, 5.41) is 9.59. The highest BCUT2D eigenvalue weighted by molar-refractivity contribution is 5.72. The molecule has 0 spiro atoms. The molecular weight excluding hydrogens is 654 g/mol. The number of quaternary nitrogens is 1. The lowest BCUT2D eigenvalue weighted by Gasteiger charge is -2.31. The second-order valence-electron chi connectivity index (χ2n) is 14.2. The SMILES string of the molecule is CC/C=C/C=C/C=C/C=C/CCCCCCCC(=O)OCC(COCCC(C(=O)O)[N+](C)(C)C)OC(=O)CC/C=C/C/C=C/CCCCCCCC. The molecule has 0 radical (unpaired) electrons. The van der Waals surface area contributed by atoms with Crippen LogP contribution in [0.1, 0.15) is 136 Å². The van der Waals surface area contributed by atoms with Crippen LogP contribution in [0.5, 0.6) is 0 Å². The van der Waals surface area contributed by atoms with E-state index in [1.54, 1.807) is 0 Å². The Morgan fingerprint density at radius 1 is 0.615 bits per heavy atom. The second-order valence-corrected chi connectivity index (χ2v) is 14.2. The van der Waals surface area contributed by atoms with Gasteiger partial charge >= 0.3 is 17.9 Å². The average molecular weight is 729 g/mol. The van der Waals surface area contributed by atoms with E-state index in [0.29, 0.717) is 19.3 Å². The number of carbonyl (C=O) groups is 3. The number of hydrogen-bond acceptors (Lipinski definition) is 6. The summed E-state index contributed by atoms with van der Waals surface area (Å²) in [6, 6.07) is -0.629. The normalized spacial score (nSPS) is 13.8. The van der Waals surface area contributed by atoms with Gasteiger partial charge in [0.05, 0.1) is 34.4 Å². The first kappa shape index (κ1) is 48.8. The Hall–Kier alpha value is -3.23. The minimum absolute atomic E-state index is 0.0268. The van der Waals surface area contributed by atoms with Gasteiger partial charge in [-0.3, -0.25) is 9.59 Å². The lowest BCUT2D eigenvalue weighted by atomic mass is 10.1. The number of likely N-dealkylation sites (N-methyl/N-ethyl adjacent to an activating group) is 1. The Balaban J connectivity index is 4.53. The molecular formula is C44H74NO7+. The van der Waals surface area contributed by atoms with E-state index in [2.05, 4.69) is 50.3 Å². The van der Waals surface area contributed by atoms with Crippen molar-refractivity contribution in [3.05, 3.63) is 72.9 Å². The standard InChI is InChI=1S/C44H73NO7/c1-6-8-10-12-14-16-18-20-21-23-24-26-28-30-32-34-42(46)51-39-40(38-50-37-36-41(44(48)49)45(3,4)5)52-43(47)35-33-31-29-27-25-22-19-17-15-13-11-9-7-2/h8,10,12,14,16,18,20-22,25,29,31,40-41H,6-7,9,11,13,15,17,19,23-24,26-28,30,32-39H2,1-5H3/p+1/b10-8+,14-12+,18-16+,21-20+,25-22+,31-29+. The van der Waals surface area contributed by atoms with E-state index < -0.39 is 18.1 Å². The lowest BCUT2D eigenvalue weighted by molar-refractivity contribution is -0.887. The largest absolute Gasteiger partial charge is 0.477 e. The van der Waals surface area contributed by atoms with E-state index in [1.165, 1.54) is 38.5 Å². The van der Waals surface area contributed by atoms with E-state index >= 15 is 0 Å². The van der Waals surface area contributed by atoms with Crippen LogP contribution < -0.4 is 0 Å². The molecule has 1 N–H and O–H groups in total. The third-order valence-electron chi connectivity index (χ3n) is 8.45. The van der Waals surface area contributed by atoms with Crippen LogP contribution in [0.3, 0.4) is 0 Å². The molecule has 296 valence electrons. The van der Waals surface area contributed by atoms with Crippen molar-refractivity contribution in [1.82, 2.24) is 0 Å². The van der Waals surface area contributed by atoms with E-state index in [0.717, 1.165) is 57.8 Å². The highest BCUT2D eigenvalue weighted by Crippen LogP contribution is 2.12. The molecule has 0 amide bonds.